The monoisotopic (exact) mass is 350 g/mol. The maximum Gasteiger partial charge on any atom is 0.348 e. The van der Waals surface area contributed by atoms with Crippen molar-refractivity contribution in [3.05, 3.63) is 65.7 Å². The van der Waals surface area contributed by atoms with Crippen molar-refractivity contribution in [1.29, 1.82) is 0 Å². The number of imidazole rings is 1. The first-order chi connectivity index (χ1) is 12.2. The molecule has 2 aromatic carbocycles. The highest BCUT2D eigenvalue weighted by molar-refractivity contribution is 7.19. The minimum atomic E-state index is -0.947. The van der Waals surface area contributed by atoms with Gasteiger partial charge in [-0.3, -0.25) is 4.40 Å². The molecule has 5 nitrogen and oxygen atoms in total. The molecule has 0 aliphatic carbocycles. The Morgan fingerprint density at radius 1 is 1.12 bits per heavy atom. The minimum Gasteiger partial charge on any atom is -0.497 e. The van der Waals surface area contributed by atoms with E-state index in [0.29, 0.717) is 10.7 Å². The van der Waals surface area contributed by atoms with Gasteiger partial charge in [0.25, 0.3) is 0 Å². The van der Waals surface area contributed by atoms with Crippen LogP contribution in [0.25, 0.3) is 27.5 Å². The van der Waals surface area contributed by atoms with Crippen LogP contribution in [-0.4, -0.2) is 27.6 Å². The van der Waals surface area contributed by atoms with Crippen molar-refractivity contribution in [2.75, 3.05) is 7.11 Å². The third-order valence-corrected chi connectivity index (χ3v) is 4.97. The number of thiazole rings is 1. The van der Waals surface area contributed by atoms with E-state index in [-0.39, 0.29) is 4.88 Å². The maximum atomic E-state index is 11.7. The Labute approximate surface area is 147 Å². The minimum absolute atomic E-state index is 0.283. The van der Waals surface area contributed by atoms with Crippen LogP contribution in [0.4, 0.5) is 0 Å². The molecule has 0 saturated heterocycles. The van der Waals surface area contributed by atoms with Gasteiger partial charge in [-0.1, -0.05) is 53.8 Å². The smallest absolute Gasteiger partial charge is 0.348 e. The first-order valence-electron chi connectivity index (χ1n) is 7.62. The lowest BCUT2D eigenvalue weighted by molar-refractivity contribution is 0.0702. The maximum absolute atomic E-state index is 11.7. The normalized spacial score (nSPS) is 10.9. The molecular formula is C19H14N2O3S. The average molecular weight is 350 g/mol. The van der Waals surface area contributed by atoms with Gasteiger partial charge >= 0.3 is 5.97 Å². The summed E-state index contributed by atoms with van der Waals surface area (Å²) in [6.45, 7) is 0. The molecule has 124 valence electrons. The van der Waals surface area contributed by atoms with Crippen molar-refractivity contribution in [2.24, 2.45) is 0 Å². The van der Waals surface area contributed by atoms with E-state index in [1.807, 2.05) is 65.2 Å². The third-order valence-electron chi connectivity index (χ3n) is 3.93. The van der Waals surface area contributed by atoms with Gasteiger partial charge in [0.05, 0.1) is 18.5 Å². The Hall–Kier alpha value is -3.12. The van der Waals surface area contributed by atoms with Gasteiger partial charge in [0.2, 0.25) is 0 Å². The van der Waals surface area contributed by atoms with Crippen LogP contribution in [0.2, 0.25) is 0 Å². The van der Waals surface area contributed by atoms with Crippen LogP contribution in [-0.2, 0) is 0 Å². The molecule has 2 heterocycles. The Bertz CT molecular complexity index is 1070. The summed E-state index contributed by atoms with van der Waals surface area (Å²) in [5.74, 6) is -0.194. The summed E-state index contributed by atoms with van der Waals surface area (Å²) in [7, 11) is 1.62. The number of benzene rings is 2. The molecule has 25 heavy (non-hydrogen) atoms. The largest absolute Gasteiger partial charge is 0.497 e. The zero-order valence-electron chi connectivity index (χ0n) is 13.3. The number of nitrogens with zero attached hydrogens (tertiary/aromatic N) is 2. The summed E-state index contributed by atoms with van der Waals surface area (Å²) in [4.78, 5) is 17.2. The number of ether oxygens (including phenoxy) is 1. The topological polar surface area (TPSA) is 63.8 Å². The van der Waals surface area contributed by atoms with E-state index in [9.17, 15) is 9.90 Å². The van der Waals surface area contributed by atoms with E-state index >= 15 is 0 Å². The highest BCUT2D eigenvalue weighted by Crippen LogP contribution is 2.34. The molecule has 0 amide bonds. The number of methoxy groups -OCH3 is 1. The summed E-state index contributed by atoms with van der Waals surface area (Å²) in [5, 5.41) is 9.55. The van der Waals surface area contributed by atoms with Crippen molar-refractivity contribution >= 4 is 22.3 Å². The lowest BCUT2D eigenvalue weighted by atomic mass is 10.1. The number of carbonyl (C=O) groups is 1. The van der Waals surface area contributed by atoms with Crippen molar-refractivity contribution in [3.63, 3.8) is 0 Å². The van der Waals surface area contributed by atoms with E-state index in [2.05, 4.69) is 4.98 Å². The molecule has 0 spiro atoms. The molecule has 0 bridgehead atoms. The fourth-order valence-electron chi connectivity index (χ4n) is 2.78. The molecule has 0 aliphatic heterocycles. The van der Waals surface area contributed by atoms with E-state index in [1.165, 1.54) is 11.3 Å². The number of hydrogen-bond donors (Lipinski definition) is 1. The van der Waals surface area contributed by atoms with Gasteiger partial charge in [0.15, 0.2) is 4.96 Å². The summed E-state index contributed by atoms with van der Waals surface area (Å²) in [6, 6.07) is 17.1. The zero-order valence-corrected chi connectivity index (χ0v) is 14.2. The quantitative estimate of drug-likeness (QED) is 0.591. The number of aromatic nitrogens is 2. The molecule has 0 saturated carbocycles. The third kappa shape index (κ3) is 2.66. The van der Waals surface area contributed by atoms with Gasteiger partial charge in [-0.05, 0) is 12.1 Å². The number of aromatic carboxylic acids is 1. The molecule has 0 radical (unpaired) electrons. The number of rotatable bonds is 4. The fourth-order valence-corrected chi connectivity index (χ4v) is 3.75. The second kappa shape index (κ2) is 6.07. The Kier molecular flexibility index (Phi) is 3.74. The first-order valence-corrected chi connectivity index (χ1v) is 8.44. The Morgan fingerprint density at radius 3 is 2.60 bits per heavy atom. The predicted molar refractivity (Wildman–Crippen MR) is 97.5 cm³/mol. The van der Waals surface area contributed by atoms with Gasteiger partial charge in [0.1, 0.15) is 10.6 Å². The molecule has 0 unspecified atom stereocenters. The molecule has 4 rings (SSSR count). The molecule has 0 aliphatic rings. The summed E-state index contributed by atoms with van der Waals surface area (Å²) in [6.07, 6.45) is 1.87. The number of carboxylic acids is 1. The predicted octanol–water partition coefficient (Wildman–Crippen LogP) is 4.44. The van der Waals surface area contributed by atoms with E-state index < -0.39 is 5.97 Å². The number of fused-ring (bicyclic) bond motifs is 1. The molecule has 0 fully saturated rings. The molecule has 2 aromatic heterocycles. The summed E-state index contributed by atoms with van der Waals surface area (Å²) >= 11 is 1.17. The zero-order chi connectivity index (χ0) is 17.4. The SMILES string of the molecule is COc1cccc(-c2cn3c(-c4ccccc4)c(C(=O)O)sc3n2)c1. The second-order valence-corrected chi connectivity index (χ2v) is 6.44. The summed E-state index contributed by atoms with van der Waals surface area (Å²) < 4.78 is 7.11. The van der Waals surface area contributed by atoms with Gasteiger partial charge in [0, 0.05) is 17.3 Å². The standard InChI is InChI=1S/C19H14N2O3S/c1-24-14-9-5-8-13(10-14)15-11-21-16(12-6-3-2-4-7-12)17(18(22)23)25-19(21)20-15/h2-11H,1H3,(H,22,23). The Balaban J connectivity index is 1.92. The fraction of sp³-hybridized carbons (Fsp3) is 0.0526. The highest BCUT2D eigenvalue weighted by atomic mass is 32.1. The van der Waals surface area contributed by atoms with E-state index in [4.69, 9.17) is 4.74 Å². The second-order valence-electron chi connectivity index (χ2n) is 5.46. The highest BCUT2D eigenvalue weighted by Gasteiger charge is 2.21. The summed E-state index contributed by atoms with van der Waals surface area (Å²) in [5.41, 5.74) is 3.20. The van der Waals surface area contributed by atoms with Crippen LogP contribution in [0.15, 0.2) is 60.8 Å². The first kappa shape index (κ1) is 15.4. The van der Waals surface area contributed by atoms with Crippen LogP contribution in [0.1, 0.15) is 9.67 Å². The van der Waals surface area contributed by atoms with Crippen molar-refractivity contribution in [2.45, 2.75) is 0 Å². The van der Waals surface area contributed by atoms with Crippen LogP contribution in [0, 0.1) is 0 Å². The van der Waals surface area contributed by atoms with Crippen LogP contribution in [0.5, 0.6) is 5.75 Å². The molecule has 4 aromatic rings. The van der Waals surface area contributed by atoms with Crippen molar-refractivity contribution in [3.8, 4) is 28.3 Å². The van der Waals surface area contributed by atoms with Gasteiger partial charge in [-0.25, -0.2) is 9.78 Å². The van der Waals surface area contributed by atoms with Crippen LogP contribution < -0.4 is 4.74 Å². The van der Waals surface area contributed by atoms with Gasteiger partial charge < -0.3 is 9.84 Å². The van der Waals surface area contributed by atoms with E-state index in [0.717, 1.165) is 22.6 Å². The average Bonchev–Trinajstić information content (AvgIpc) is 3.20. The van der Waals surface area contributed by atoms with Crippen molar-refractivity contribution < 1.29 is 14.6 Å². The van der Waals surface area contributed by atoms with Gasteiger partial charge in [-0.15, -0.1) is 0 Å². The molecular weight excluding hydrogens is 336 g/mol. The molecule has 6 heteroatoms. The number of hydrogen-bond acceptors (Lipinski definition) is 4. The lowest BCUT2D eigenvalue weighted by Gasteiger charge is -2.03. The van der Waals surface area contributed by atoms with Crippen LogP contribution in [0.3, 0.4) is 0 Å². The molecule has 1 N–H and O–H groups in total. The van der Waals surface area contributed by atoms with E-state index in [1.54, 1.807) is 7.11 Å². The van der Waals surface area contributed by atoms with Crippen LogP contribution >= 0.6 is 11.3 Å². The Morgan fingerprint density at radius 2 is 1.88 bits per heavy atom. The van der Waals surface area contributed by atoms with Crippen molar-refractivity contribution in [1.82, 2.24) is 9.38 Å². The lowest BCUT2D eigenvalue weighted by Crippen LogP contribution is -1.97. The van der Waals surface area contributed by atoms with Gasteiger partial charge in [-0.2, -0.15) is 0 Å². The number of carboxylic acid groups (broad SMARTS) is 1. The molecule has 0 atom stereocenters.